The van der Waals surface area contributed by atoms with E-state index < -0.39 is 11.6 Å². The van der Waals surface area contributed by atoms with E-state index in [9.17, 15) is 9.18 Å². The number of ether oxygens (including phenoxy) is 2. The maximum absolute atomic E-state index is 14.6. The zero-order valence-electron chi connectivity index (χ0n) is 11.6. The minimum absolute atomic E-state index is 0.0533. The summed E-state index contributed by atoms with van der Waals surface area (Å²) < 4.78 is 24.6. The fourth-order valence-electron chi connectivity index (χ4n) is 1.94. The Morgan fingerprint density at radius 2 is 2.00 bits per heavy atom. The molecule has 0 amide bonds. The van der Waals surface area contributed by atoms with E-state index >= 15 is 0 Å². The van der Waals surface area contributed by atoms with Crippen LogP contribution in [0, 0.1) is 0 Å². The summed E-state index contributed by atoms with van der Waals surface area (Å²) >= 11 is 0.882. The second kappa shape index (κ2) is 6.30. The molecule has 0 spiro atoms. The predicted octanol–water partition coefficient (Wildman–Crippen LogP) is 2.45. The van der Waals surface area contributed by atoms with Gasteiger partial charge in [-0.3, -0.25) is 0 Å². The van der Waals surface area contributed by atoms with Crippen LogP contribution in [-0.2, 0) is 4.79 Å². The number of thioether (sulfide) groups is 1. The van der Waals surface area contributed by atoms with Gasteiger partial charge in [0.05, 0.1) is 20.3 Å². The summed E-state index contributed by atoms with van der Waals surface area (Å²) in [6.45, 7) is 0. The van der Waals surface area contributed by atoms with Gasteiger partial charge in [0.15, 0.2) is 5.16 Å². The molecular weight excluding hydrogens is 299 g/mol. The molecule has 0 bridgehead atoms. The van der Waals surface area contributed by atoms with Gasteiger partial charge < -0.3 is 14.6 Å². The molecule has 8 heteroatoms. The van der Waals surface area contributed by atoms with Crippen molar-refractivity contribution >= 4 is 17.7 Å². The van der Waals surface area contributed by atoms with Crippen molar-refractivity contribution in [3.63, 3.8) is 0 Å². The summed E-state index contributed by atoms with van der Waals surface area (Å²) in [5.74, 6) is -0.961. The average Bonchev–Trinajstić information content (AvgIpc) is 2.49. The number of aliphatic carboxylic acids is 1. The molecule has 1 aromatic heterocycles. The van der Waals surface area contributed by atoms with E-state index in [1.54, 1.807) is 6.08 Å². The molecule has 1 unspecified atom stereocenters. The van der Waals surface area contributed by atoms with Gasteiger partial charge in [0.25, 0.3) is 0 Å². The van der Waals surface area contributed by atoms with Crippen LogP contribution in [0.1, 0.15) is 19.3 Å². The molecule has 0 saturated heterocycles. The molecule has 0 aromatic carbocycles. The molecule has 0 fully saturated rings. The summed E-state index contributed by atoms with van der Waals surface area (Å²) in [7, 11) is 2.87. The van der Waals surface area contributed by atoms with Gasteiger partial charge in [-0.15, -0.1) is 0 Å². The Morgan fingerprint density at radius 3 is 2.52 bits per heavy atom. The molecule has 0 saturated carbocycles. The average molecular weight is 314 g/mol. The Hall–Kier alpha value is -1.83. The third kappa shape index (κ3) is 3.26. The van der Waals surface area contributed by atoms with Crippen LogP contribution < -0.4 is 9.47 Å². The summed E-state index contributed by atoms with van der Waals surface area (Å²) in [5.41, 5.74) is -2.39. The fourth-order valence-corrected chi connectivity index (χ4v) is 2.96. The smallest absolute Gasteiger partial charge is 0.346 e. The molecule has 1 atom stereocenters. The van der Waals surface area contributed by atoms with E-state index in [4.69, 9.17) is 14.6 Å². The number of aromatic nitrogens is 2. The van der Waals surface area contributed by atoms with Crippen molar-refractivity contribution in [2.24, 2.45) is 0 Å². The van der Waals surface area contributed by atoms with E-state index in [1.807, 2.05) is 0 Å². The van der Waals surface area contributed by atoms with E-state index in [2.05, 4.69) is 9.97 Å². The zero-order valence-corrected chi connectivity index (χ0v) is 12.4. The number of hydrogen-bond donors (Lipinski definition) is 1. The van der Waals surface area contributed by atoms with Crippen molar-refractivity contribution in [1.29, 1.82) is 0 Å². The van der Waals surface area contributed by atoms with E-state index in [0.29, 0.717) is 12.8 Å². The van der Waals surface area contributed by atoms with Gasteiger partial charge in [-0.2, -0.15) is 9.97 Å². The van der Waals surface area contributed by atoms with Crippen LogP contribution >= 0.6 is 11.8 Å². The quantitative estimate of drug-likeness (QED) is 0.836. The monoisotopic (exact) mass is 314 g/mol. The minimum Gasteiger partial charge on any atom is -0.481 e. The molecule has 6 nitrogen and oxygen atoms in total. The van der Waals surface area contributed by atoms with E-state index in [1.165, 1.54) is 20.3 Å². The summed E-state index contributed by atoms with van der Waals surface area (Å²) in [4.78, 5) is 19.4. The van der Waals surface area contributed by atoms with Crippen molar-refractivity contribution in [1.82, 2.24) is 9.97 Å². The third-order valence-electron chi connectivity index (χ3n) is 3.06. The highest BCUT2D eigenvalue weighted by molar-refractivity contribution is 8.03. The number of hydrogen-bond acceptors (Lipinski definition) is 6. The molecule has 0 radical (unpaired) electrons. The molecule has 0 aliphatic heterocycles. The Kier molecular flexibility index (Phi) is 4.66. The van der Waals surface area contributed by atoms with Gasteiger partial charge in [0, 0.05) is 4.91 Å². The van der Waals surface area contributed by atoms with Gasteiger partial charge in [-0.1, -0.05) is 17.8 Å². The first-order chi connectivity index (χ1) is 9.99. The lowest BCUT2D eigenvalue weighted by Gasteiger charge is -2.26. The number of alkyl halides is 1. The van der Waals surface area contributed by atoms with Crippen LogP contribution in [0.4, 0.5) is 4.39 Å². The van der Waals surface area contributed by atoms with Crippen molar-refractivity contribution in [2.45, 2.75) is 30.1 Å². The van der Waals surface area contributed by atoms with Crippen LogP contribution in [0.5, 0.6) is 11.8 Å². The van der Waals surface area contributed by atoms with Crippen LogP contribution in [0.25, 0.3) is 0 Å². The largest absolute Gasteiger partial charge is 0.481 e. The molecule has 1 aliphatic rings. The van der Waals surface area contributed by atoms with Crippen molar-refractivity contribution in [2.75, 3.05) is 14.2 Å². The van der Waals surface area contributed by atoms with Gasteiger partial charge in [-0.05, 0) is 19.3 Å². The topological polar surface area (TPSA) is 81.5 Å². The number of rotatable bonds is 5. The van der Waals surface area contributed by atoms with Crippen LogP contribution in [-0.4, -0.2) is 40.9 Å². The van der Waals surface area contributed by atoms with E-state index in [-0.39, 0.29) is 28.2 Å². The predicted molar refractivity (Wildman–Crippen MR) is 74.4 cm³/mol. The van der Waals surface area contributed by atoms with Gasteiger partial charge >= 0.3 is 5.97 Å². The molecular formula is C13H15FN2O4S. The highest BCUT2D eigenvalue weighted by Crippen LogP contribution is 2.42. The Labute approximate surface area is 125 Å². The molecule has 1 N–H and O–H groups in total. The van der Waals surface area contributed by atoms with Crippen molar-refractivity contribution in [3.8, 4) is 11.8 Å². The highest BCUT2D eigenvalue weighted by atomic mass is 32.2. The van der Waals surface area contributed by atoms with Crippen LogP contribution in [0.15, 0.2) is 22.2 Å². The summed E-state index contributed by atoms with van der Waals surface area (Å²) in [5, 5.41) is 9.31. The molecule has 114 valence electrons. The lowest BCUT2D eigenvalue weighted by Crippen LogP contribution is -2.36. The fraction of sp³-hybridized carbons (Fsp3) is 0.462. The number of allylic oxidation sites excluding steroid dienone is 1. The first-order valence-corrected chi connectivity index (χ1v) is 7.09. The number of carbonyl (C=O) groups is 1. The Bertz CT molecular complexity index is 559. The first-order valence-electron chi connectivity index (χ1n) is 6.27. The molecule has 1 heterocycles. The van der Waals surface area contributed by atoms with Crippen LogP contribution in [0.2, 0.25) is 0 Å². The lowest BCUT2D eigenvalue weighted by molar-refractivity contribution is -0.148. The number of carboxylic acid groups (broad SMARTS) is 1. The maximum Gasteiger partial charge on any atom is 0.346 e. The zero-order chi connectivity index (χ0) is 15.5. The molecule has 1 aliphatic carbocycles. The summed E-state index contributed by atoms with van der Waals surface area (Å²) in [6.07, 6.45) is 2.65. The molecule has 21 heavy (non-hydrogen) atoms. The van der Waals surface area contributed by atoms with Gasteiger partial charge in [0.2, 0.25) is 17.4 Å². The lowest BCUT2D eigenvalue weighted by atomic mass is 9.93. The molecule has 2 rings (SSSR count). The van der Waals surface area contributed by atoms with Crippen molar-refractivity contribution < 1.29 is 23.8 Å². The van der Waals surface area contributed by atoms with Crippen LogP contribution in [0.3, 0.4) is 0 Å². The number of methoxy groups -OCH3 is 2. The second-order valence-corrected chi connectivity index (χ2v) is 5.41. The van der Waals surface area contributed by atoms with Crippen molar-refractivity contribution in [3.05, 3.63) is 17.0 Å². The first kappa shape index (κ1) is 15.6. The number of nitrogens with zero attached hydrogens (tertiary/aromatic N) is 2. The normalized spacial score (nSPS) is 21.6. The van der Waals surface area contributed by atoms with Gasteiger partial charge in [0.1, 0.15) is 0 Å². The highest BCUT2D eigenvalue weighted by Gasteiger charge is 2.44. The molecule has 1 aromatic rings. The number of carboxylic acids is 1. The Balaban J connectivity index is 2.32. The minimum atomic E-state index is -2.39. The summed E-state index contributed by atoms with van der Waals surface area (Å²) in [6, 6.07) is 1.49. The van der Waals surface area contributed by atoms with E-state index in [0.717, 1.165) is 11.8 Å². The maximum atomic E-state index is 14.6. The Morgan fingerprint density at radius 1 is 1.38 bits per heavy atom. The SMILES string of the molecule is COc1cc(OC)nc(SC2=CCCCC2(F)C(=O)O)n1. The van der Waals surface area contributed by atoms with Gasteiger partial charge in [-0.25, -0.2) is 9.18 Å². The number of halogens is 1. The third-order valence-corrected chi connectivity index (χ3v) is 4.14. The second-order valence-electron chi connectivity index (χ2n) is 4.40. The standard InChI is InChI=1S/C13H15FN2O4S/c1-19-9-7-10(20-2)16-12(15-9)21-8-5-3-4-6-13(8,14)11(17)18/h5,7H,3-4,6H2,1-2H3,(H,17,18).